The van der Waals surface area contributed by atoms with Gasteiger partial charge in [0.25, 0.3) is 5.91 Å². The number of fused-ring (bicyclic) bond motifs is 1. The standard InChI is InChI=1S/C13H18N4O2/c1-3-5-13(2,8-18)17-12(19)10-7-15-11-9(16-10)4-6-14-11/h4,6-7,18H,3,5,8H2,1-2H3,(H,14,15)(H,17,19). The molecule has 6 nitrogen and oxygen atoms in total. The van der Waals surface area contributed by atoms with Crippen LogP contribution < -0.4 is 5.32 Å². The predicted molar refractivity (Wildman–Crippen MR) is 71.8 cm³/mol. The van der Waals surface area contributed by atoms with E-state index in [9.17, 15) is 9.90 Å². The number of nitrogens with one attached hydrogen (secondary N) is 2. The van der Waals surface area contributed by atoms with Crippen molar-refractivity contribution in [3.8, 4) is 0 Å². The molecule has 2 aromatic heterocycles. The van der Waals surface area contributed by atoms with Gasteiger partial charge < -0.3 is 15.4 Å². The lowest BCUT2D eigenvalue weighted by Gasteiger charge is -2.28. The SMILES string of the molecule is CCCC(C)(CO)NC(=O)c1cnc2[nH]ccc2n1. The van der Waals surface area contributed by atoms with E-state index in [2.05, 4.69) is 20.3 Å². The predicted octanol–water partition coefficient (Wildman–Crippen LogP) is 1.24. The molecule has 0 aromatic carbocycles. The molecule has 0 bridgehead atoms. The van der Waals surface area contributed by atoms with Crippen LogP contribution in [0.15, 0.2) is 18.5 Å². The van der Waals surface area contributed by atoms with E-state index >= 15 is 0 Å². The summed E-state index contributed by atoms with van der Waals surface area (Å²) in [7, 11) is 0. The summed E-state index contributed by atoms with van der Waals surface area (Å²) in [6.07, 6.45) is 4.73. The summed E-state index contributed by atoms with van der Waals surface area (Å²) in [5.74, 6) is -0.319. The first kappa shape index (κ1) is 13.5. The van der Waals surface area contributed by atoms with Gasteiger partial charge >= 0.3 is 0 Å². The summed E-state index contributed by atoms with van der Waals surface area (Å²) < 4.78 is 0. The van der Waals surface area contributed by atoms with Gasteiger partial charge in [-0.2, -0.15) is 0 Å². The highest BCUT2D eigenvalue weighted by Gasteiger charge is 2.25. The molecule has 6 heteroatoms. The van der Waals surface area contributed by atoms with Crippen LogP contribution in [0.5, 0.6) is 0 Å². The molecular formula is C13H18N4O2. The maximum atomic E-state index is 12.1. The number of carbonyl (C=O) groups is 1. The van der Waals surface area contributed by atoms with Crippen LogP contribution in [-0.2, 0) is 0 Å². The molecule has 0 radical (unpaired) electrons. The van der Waals surface area contributed by atoms with Crippen LogP contribution in [0.25, 0.3) is 11.2 Å². The van der Waals surface area contributed by atoms with Crippen LogP contribution in [0.1, 0.15) is 37.2 Å². The minimum Gasteiger partial charge on any atom is -0.394 e. The van der Waals surface area contributed by atoms with E-state index in [-0.39, 0.29) is 18.2 Å². The molecule has 0 fully saturated rings. The van der Waals surface area contributed by atoms with Crippen LogP contribution in [0.2, 0.25) is 0 Å². The average molecular weight is 262 g/mol. The van der Waals surface area contributed by atoms with E-state index in [1.807, 2.05) is 13.8 Å². The van der Waals surface area contributed by atoms with Crippen molar-refractivity contribution in [2.75, 3.05) is 6.61 Å². The number of carbonyl (C=O) groups excluding carboxylic acids is 1. The second-order valence-corrected chi connectivity index (χ2v) is 4.89. The molecule has 0 saturated heterocycles. The number of aromatic amines is 1. The fraction of sp³-hybridized carbons (Fsp3) is 0.462. The number of hydrogen-bond acceptors (Lipinski definition) is 4. The minimum atomic E-state index is -0.624. The number of hydrogen-bond donors (Lipinski definition) is 3. The summed E-state index contributed by atoms with van der Waals surface area (Å²) in [5, 5.41) is 12.2. The molecule has 1 amide bonds. The topological polar surface area (TPSA) is 90.9 Å². The fourth-order valence-corrected chi connectivity index (χ4v) is 2.01. The Hall–Kier alpha value is -1.95. The van der Waals surface area contributed by atoms with E-state index in [1.165, 1.54) is 6.20 Å². The average Bonchev–Trinajstić information content (AvgIpc) is 2.86. The molecule has 2 heterocycles. The molecule has 0 saturated carbocycles. The molecule has 0 aliphatic heterocycles. The highest BCUT2D eigenvalue weighted by Crippen LogP contribution is 2.13. The van der Waals surface area contributed by atoms with Gasteiger partial charge in [0.1, 0.15) is 11.2 Å². The normalized spacial score (nSPS) is 14.3. The van der Waals surface area contributed by atoms with Crippen molar-refractivity contribution in [2.24, 2.45) is 0 Å². The van der Waals surface area contributed by atoms with Crippen molar-refractivity contribution < 1.29 is 9.90 Å². The number of nitrogens with zero attached hydrogens (tertiary/aromatic N) is 2. The number of aliphatic hydroxyl groups excluding tert-OH is 1. The van der Waals surface area contributed by atoms with E-state index in [4.69, 9.17) is 0 Å². The Labute approximate surface area is 111 Å². The molecular weight excluding hydrogens is 244 g/mol. The summed E-state index contributed by atoms with van der Waals surface area (Å²) in [6.45, 7) is 3.72. The van der Waals surface area contributed by atoms with Gasteiger partial charge in [0.2, 0.25) is 0 Å². The molecule has 2 rings (SSSR count). The number of aromatic nitrogens is 3. The van der Waals surface area contributed by atoms with Gasteiger partial charge in [-0.15, -0.1) is 0 Å². The monoisotopic (exact) mass is 262 g/mol. The lowest BCUT2D eigenvalue weighted by atomic mass is 9.97. The molecule has 2 aromatic rings. The molecule has 0 aliphatic carbocycles. The number of aliphatic hydroxyl groups is 1. The molecule has 0 aliphatic rings. The summed E-state index contributed by atoms with van der Waals surface area (Å²) in [4.78, 5) is 23.4. The number of rotatable bonds is 5. The first-order valence-corrected chi connectivity index (χ1v) is 6.31. The van der Waals surface area contributed by atoms with Crippen molar-refractivity contribution in [2.45, 2.75) is 32.2 Å². The van der Waals surface area contributed by atoms with E-state index in [1.54, 1.807) is 12.3 Å². The lowest BCUT2D eigenvalue weighted by Crippen LogP contribution is -2.49. The van der Waals surface area contributed by atoms with Gasteiger partial charge in [-0.25, -0.2) is 9.97 Å². The van der Waals surface area contributed by atoms with E-state index < -0.39 is 5.54 Å². The van der Waals surface area contributed by atoms with Crippen molar-refractivity contribution >= 4 is 17.1 Å². The quantitative estimate of drug-likeness (QED) is 0.756. The molecule has 19 heavy (non-hydrogen) atoms. The molecule has 1 atom stereocenters. The maximum Gasteiger partial charge on any atom is 0.272 e. The smallest absolute Gasteiger partial charge is 0.272 e. The van der Waals surface area contributed by atoms with Crippen molar-refractivity contribution in [1.29, 1.82) is 0 Å². The zero-order valence-electron chi connectivity index (χ0n) is 11.1. The summed E-state index contributed by atoms with van der Waals surface area (Å²) >= 11 is 0. The minimum absolute atomic E-state index is 0.105. The Balaban J connectivity index is 2.18. The van der Waals surface area contributed by atoms with Crippen LogP contribution in [0, 0.1) is 0 Å². The van der Waals surface area contributed by atoms with Crippen molar-refractivity contribution in [3.63, 3.8) is 0 Å². The Morgan fingerprint density at radius 1 is 1.58 bits per heavy atom. The van der Waals surface area contributed by atoms with Gasteiger partial charge in [0, 0.05) is 6.20 Å². The van der Waals surface area contributed by atoms with Gasteiger partial charge in [-0.3, -0.25) is 4.79 Å². The first-order valence-electron chi connectivity index (χ1n) is 6.31. The van der Waals surface area contributed by atoms with Crippen LogP contribution in [-0.4, -0.2) is 38.1 Å². The lowest BCUT2D eigenvalue weighted by molar-refractivity contribution is 0.0836. The third-order valence-corrected chi connectivity index (χ3v) is 3.06. The first-order chi connectivity index (χ1) is 9.08. The Bertz CT molecular complexity index is 581. The van der Waals surface area contributed by atoms with Crippen LogP contribution in [0.4, 0.5) is 0 Å². The Morgan fingerprint density at radius 2 is 2.37 bits per heavy atom. The second-order valence-electron chi connectivity index (χ2n) is 4.89. The largest absolute Gasteiger partial charge is 0.394 e. The molecule has 1 unspecified atom stereocenters. The van der Waals surface area contributed by atoms with Crippen molar-refractivity contribution in [1.82, 2.24) is 20.3 Å². The third-order valence-electron chi connectivity index (χ3n) is 3.06. The second kappa shape index (κ2) is 5.36. The Morgan fingerprint density at radius 3 is 3.05 bits per heavy atom. The molecule has 102 valence electrons. The molecule has 0 spiro atoms. The highest BCUT2D eigenvalue weighted by atomic mass is 16.3. The van der Waals surface area contributed by atoms with Gasteiger partial charge in [0.15, 0.2) is 5.65 Å². The highest BCUT2D eigenvalue weighted by molar-refractivity contribution is 5.94. The summed E-state index contributed by atoms with van der Waals surface area (Å²) in [5.41, 5.74) is 0.924. The van der Waals surface area contributed by atoms with Gasteiger partial charge in [-0.1, -0.05) is 13.3 Å². The molecule has 3 N–H and O–H groups in total. The maximum absolute atomic E-state index is 12.1. The van der Waals surface area contributed by atoms with Gasteiger partial charge in [0.05, 0.1) is 18.3 Å². The zero-order valence-corrected chi connectivity index (χ0v) is 11.1. The van der Waals surface area contributed by atoms with Crippen molar-refractivity contribution in [3.05, 3.63) is 24.2 Å². The van der Waals surface area contributed by atoms with Crippen LogP contribution in [0.3, 0.4) is 0 Å². The van der Waals surface area contributed by atoms with E-state index in [0.29, 0.717) is 17.6 Å². The summed E-state index contributed by atoms with van der Waals surface area (Å²) in [6, 6.07) is 1.76. The van der Waals surface area contributed by atoms with E-state index in [0.717, 1.165) is 6.42 Å². The third kappa shape index (κ3) is 2.90. The van der Waals surface area contributed by atoms with Gasteiger partial charge in [-0.05, 0) is 19.4 Å². The zero-order chi connectivity index (χ0) is 13.9. The Kier molecular flexibility index (Phi) is 3.80. The number of H-pyrrole nitrogens is 1. The van der Waals surface area contributed by atoms with Crippen LogP contribution >= 0.6 is 0 Å². The number of amides is 1. The fourth-order valence-electron chi connectivity index (χ4n) is 2.01.